The second kappa shape index (κ2) is 6.55. The maximum absolute atomic E-state index is 12.7. The fourth-order valence-corrected chi connectivity index (χ4v) is 3.63. The summed E-state index contributed by atoms with van der Waals surface area (Å²) in [5.41, 5.74) is 1.15. The van der Waals surface area contributed by atoms with E-state index < -0.39 is 0 Å². The van der Waals surface area contributed by atoms with E-state index in [1.54, 1.807) is 23.6 Å². The molecule has 0 fully saturated rings. The molecule has 0 amide bonds. The van der Waals surface area contributed by atoms with Crippen molar-refractivity contribution in [1.82, 2.24) is 0 Å². The van der Waals surface area contributed by atoms with Crippen LogP contribution in [0.15, 0.2) is 53.4 Å². The van der Waals surface area contributed by atoms with E-state index in [1.165, 1.54) is 17.4 Å². The van der Waals surface area contributed by atoms with E-state index in [2.05, 4.69) is 0 Å². The van der Waals surface area contributed by atoms with Gasteiger partial charge in [-0.3, -0.25) is 4.79 Å². The first-order valence-electron chi connectivity index (χ1n) is 6.68. The highest BCUT2D eigenvalue weighted by atomic mass is 35.5. The lowest BCUT2D eigenvalue weighted by atomic mass is 10.0. The summed E-state index contributed by atoms with van der Waals surface area (Å²) < 4.78 is 1.01. The van der Waals surface area contributed by atoms with Gasteiger partial charge < -0.3 is 0 Å². The van der Waals surface area contributed by atoms with E-state index in [4.69, 9.17) is 23.2 Å². The molecule has 0 spiro atoms. The summed E-state index contributed by atoms with van der Waals surface area (Å²) in [4.78, 5) is 12.7. The Morgan fingerprint density at radius 2 is 1.96 bits per heavy atom. The number of nitriles is 1. The van der Waals surface area contributed by atoms with Gasteiger partial charge in [-0.15, -0.1) is 11.3 Å². The number of nitrogens with zero attached hydrogens (tertiary/aromatic N) is 1. The summed E-state index contributed by atoms with van der Waals surface area (Å²) in [5, 5.41) is 12.9. The summed E-state index contributed by atoms with van der Waals surface area (Å²) in [6, 6.07) is 14.5. The maximum atomic E-state index is 12.7. The average molecular weight is 358 g/mol. The van der Waals surface area contributed by atoms with Crippen molar-refractivity contribution < 1.29 is 4.79 Å². The minimum atomic E-state index is -0.309. The normalized spacial score (nSPS) is 11.4. The first kappa shape index (κ1) is 15.8. The van der Waals surface area contributed by atoms with Gasteiger partial charge in [0.1, 0.15) is 11.6 Å². The number of fused-ring (bicyclic) bond motifs is 1. The number of thiophene rings is 1. The smallest absolute Gasteiger partial charge is 0.205 e. The average Bonchev–Trinajstić information content (AvgIpc) is 2.97. The van der Waals surface area contributed by atoms with Crippen molar-refractivity contribution in [2.24, 2.45) is 0 Å². The molecule has 5 heteroatoms. The van der Waals surface area contributed by atoms with Crippen molar-refractivity contribution >= 4 is 56.5 Å². The molecule has 0 aliphatic carbocycles. The molecule has 0 saturated carbocycles. The van der Waals surface area contributed by atoms with Crippen molar-refractivity contribution in [3.8, 4) is 6.07 Å². The number of ketones is 1. The summed E-state index contributed by atoms with van der Waals surface area (Å²) >= 11 is 13.4. The topological polar surface area (TPSA) is 40.9 Å². The van der Waals surface area contributed by atoms with Crippen LogP contribution in [0.25, 0.3) is 16.2 Å². The minimum absolute atomic E-state index is 0.0396. The first-order chi connectivity index (χ1) is 11.1. The molecular formula is C18H9Cl2NOS. The summed E-state index contributed by atoms with van der Waals surface area (Å²) in [7, 11) is 0. The van der Waals surface area contributed by atoms with Gasteiger partial charge in [0.15, 0.2) is 0 Å². The zero-order chi connectivity index (χ0) is 16.4. The number of halogens is 2. The van der Waals surface area contributed by atoms with Gasteiger partial charge in [-0.25, -0.2) is 0 Å². The lowest BCUT2D eigenvalue weighted by Crippen LogP contribution is -2.01. The molecule has 0 aliphatic rings. The molecule has 0 atom stereocenters. The van der Waals surface area contributed by atoms with Crippen LogP contribution in [0.2, 0.25) is 10.0 Å². The van der Waals surface area contributed by atoms with E-state index >= 15 is 0 Å². The Morgan fingerprint density at radius 1 is 1.17 bits per heavy atom. The van der Waals surface area contributed by atoms with Crippen molar-refractivity contribution in [1.29, 1.82) is 5.26 Å². The van der Waals surface area contributed by atoms with E-state index in [-0.39, 0.29) is 11.4 Å². The van der Waals surface area contributed by atoms with Crippen LogP contribution in [0.4, 0.5) is 0 Å². The predicted octanol–water partition coefficient (Wildman–Crippen LogP) is 6.00. The van der Waals surface area contributed by atoms with E-state index in [9.17, 15) is 10.1 Å². The zero-order valence-electron chi connectivity index (χ0n) is 11.7. The fourth-order valence-electron chi connectivity index (χ4n) is 2.22. The SMILES string of the molecule is N#C/C(=C\c1ccc(Cl)cc1Cl)C(=O)c1csc2ccccc12. The number of Topliss-reactive ketones (excluding diaryl/α,β-unsaturated/α-hetero) is 1. The van der Waals surface area contributed by atoms with Crippen LogP contribution in [-0.4, -0.2) is 5.78 Å². The highest BCUT2D eigenvalue weighted by molar-refractivity contribution is 7.17. The Bertz CT molecular complexity index is 982. The van der Waals surface area contributed by atoms with Gasteiger partial charge >= 0.3 is 0 Å². The first-order valence-corrected chi connectivity index (χ1v) is 8.31. The molecule has 0 saturated heterocycles. The molecule has 0 bridgehead atoms. The number of carbonyl (C=O) groups is 1. The van der Waals surface area contributed by atoms with Crippen LogP contribution in [-0.2, 0) is 0 Å². The van der Waals surface area contributed by atoms with Gasteiger partial charge in [-0.05, 0) is 29.8 Å². The van der Waals surface area contributed by atoms with Gasteiger partial charge in [-0.2, -0.15) is 5.26 Å². The van der Waals surface area contributed by atoms with Crippen LogP contribution in [0.5, 0.6) is 0 Å². The Hall–Kier alpha value is -2.12. The van der Waals surface area contributed by atoms with Gasteiger partial charge in [0.05, 0.1) is 0 Å². The van der Waals surface area contributed by atoms with Crippen molar-refractivity contribution in [2.75, 3.05) is 0 Å². The molecule has 3 aromatic rings. The molecule has 0 N–H and O–H groups in total. The number of allylic oxidation sites excluding steroid dienone is 1. The lowest BCUT2D eigenvalue weighted by Gasteiger charge is -2.01. The number of hydrogen-bond donors (Lipinski definition) is 0. The predicted molar refractivity (Wildman–Crippen MR) is 96.2 cm³/mol. The lowest BCUT2D eigenvalue weighted by molar-refractivity contribution is 0.104. The molecule has 0 unspecified atom stereocenters. The molecule has 0 aliphatic heterocycles. The summed E-state index contributed by atoms with van der Waals surface area (Å²) in [6.45, 7) is 0. The molecule has 112 valence electrons. The molecular weight excluding hydrogens is 349 g/mol. The second-order valence-corrected chi connectivity index (χ2v) is 6.57. The fraction of sp³-hybridized carbons (Fsp3) is 0. The Balaban J connectivity index is 2.05. The number of carbonyl (C=O) groups excluding carboxylic acids is 1. The molecule has 23 heavy (non-hydrogen) atoms. The van der Waals surface area contributed by atoms with Gasteiger partial charge in [-0.1, -0.05) is 47.5 Å². The number of rotatable bonds is 3. The Kier molecular flexibility index (Phi) is 4.49. The minimum Gasteiger partial charge on any atom is -0.288 e. The van der Waals surface area contributed by atoms with Crippen LogP contribution in [0.3, 0.4) is 0 Å². The van der Waals surface area contributed by atoms with Gasteiger partial charge in [0.25, 0.3) is 0 Å². The Labute approximate surface area is 147 Å². The molecule has 2 nitrogen and oxygen atoms in total. The van der Waals surface area contributed by atoms with Crippen LogP contribution >= 0.6 is 34.5 Å². The molecule has 1 aromatic heterocycles. The third-order valence-electron chi connectivity index (χ3n) is 3.35. The largest absolute Gasteiger partial charge is 0.288 e. The maximum Gasteiger partial charge on any atom is 0.205 e. The van der Waals surface area contributed by atoms with E-state index in [0.29, 0.717) is 21.2 Å². The molecule has 0 radical (unpaired) electrons. The van der Waals surface area contributed by atoms with Gasteiger partial charge in [0.2, 0.25) is 5.78 Å². The van der Waals surface area contributed by atoms with Crippen LogP contribution < -0.4 is 0 Å². The van der Waals surface area contributed by atoms with Gasteiger partial charge in [0, 0.05) is 31.1 Å². The summed E-state index contributed by atoms with van der Waals surface area (Å²) in [6.07, 6.45) is 1.49. The van der Waals surface area contributed by atoms with Crippen LogP contribution in [0, 0.1) is 11.3 Å². The standard InChI is InChI=1S/C18H9Cl2NOS/c19-13-6-5-11(16(20)8-13)7-12(9-21)18(22)15-10-23-17-4-2-1-3-14(15)17/h1-8,10H/b12-7+. The van der Waals surface area contributed by atoms with Crippen molar-refractivity contribution in [3.05, 3.63) is 74.6 Å². The Morgan fingerprint density at radius 3 is 2.70 bits per heavy atom. The number of hydrogen-bond acceptors (Lipinski definition) is 3. The number of benzene rings is 2. The molecule has 1 heterocycles. The van der Waals surface area contributed by atoms with Crippen molar-refractivity contribution in [3.63, 3.8) is 0 Å². The quantitative estimate of drug-likeness (QED) is 0.327. The molecule has 2 aromatic carbocycles. The molecule has 3 rings (SSSR count). The second-order valence-electron chi connectivity index (χ2n) is 4.81. The highest BCUT2D eigenvalue weighted by Gasteiger charge is 2.17. The van der Waals surface area contributed by atoms with Crippen LogP contribution in [0.1, 0.15) is 15.9 Å². The van der Waals surface area contributed by atoms with E-state index in [1.807, 2.05) is 30.3 Å². The van der Waals surface area contributed by atoms with E-state index in [0.717, 1.165) is 10.1 Å². The highest BCUT2D eigenvalue weighted by Crippen LogP contribution is 2.29. The summed E-state index contributed by atoms with van der Waals surface area (Å²) in [5.74, 6) is -0.309. The third-order valence-corrected chi connectivity index (χ3v) is 4.88. The third kappa shape index (κ3) is 3.16. The monoisotopic (exact) mass is 357 g/mol. The van der Waals surface area contributed by atoms with Crippen molar-refractivity contribution in [2.45, 2.75) is 0 Å². The zero-order valence-corrected chi connectivity index (χ0v) is 14.0.